The van der Waals surface area contributed by atoms with Gasteiger partial charge in [-0.15, -0.1) is 0 Å². The van der Waals surface area contributed by atoms with E-state index in [-0.39, 0.29) is 26.1 Å². The highest BCUT2D eigenvalue weighted by molar-refractivity contribution is 7.47. The average Bonchev–Trinajstić information content (AvgIpc) is 3.17. The third kappa shape index (κ3) is 43.5. The maximum absolute atomic E-state index is 12.7. The first-order valence-corrected chi connectivity index (χ1v) is 24.9. The summed E-state index contributed by atoms with van der Waals surface area (Å²) in [6, 6.07) is 0. The molecular formula is C48H89NO8P+. The molecule has 1 unspecified atom stereocenters. The zero-order valence-corrected chi connectivity index (χ0v) is 38.9. The van der Waals surface area contributed by atoms with Crippen molar-refractivity contribution >= 4 is 19.8 Å². The Morgan fingerprint density at radius 3 is 1.43 bits per heavy atom. The van der Waals surface area contributed by atoms with Crippen LogP contribution in [0.5, 0.6) is 0 Å². The summed E-state index contributed by atoms with van der Waals surface area (Å²) >= 11 is 0. The van der Waals surface area contributed by atoms with Gasteiger partial charge >= 0.3 is 19.8 Å². The number of hydrogen-bond donors (Lipinski definition) is 1. The summed E-state index contributed by atoms with van der Waals surface area (Å²) in [5.74, 6) is -0.860. The van der Waals surface area contributed by atoms with Gasteiger partial charge in [-0.1, -0.05) is 178 Å². The van der Waals surface area contributed by atoms with Gasteiger partial charge in [0, 0.05) is 12.8 Å². The number of likely N-dealkylation sites (N-methyl/N-ethyl adjacent to an activating group) is 1. The number of ether oxygens (including phenoxy) is 2. The second kappa shape index (κ2) is 40.4. The molecule has 10 heteroatoms. The van der Waals surface area contributed by atoms with E-state index in [0.29, 0.717) is 23.9 Å². The summed E-state index contributed by atoms with van der Waals surface area (Å²) in [6.45, 7) is 4.34. The monoisotopic (exact) mass is 839 g/mol. The van der Waals surface area contributed by atoms with Crippen LogP contribution in [-0.4, -0.2) is 74.9 Å². The molecule has 0 aliphatic carbocycles. The zero-order chi connectivity index (χ0) is 42.8. The largest absolute Gasteiger partial charge is 0.472 e. The van der Waals surface area contributed by atoms with E-state index in [1.807, 2.05) is 21.1 Å². The van der Waals surface area contributed by atoms with Gasteiger partial charge in [-0.25, -0.2) is 4.57 Å². The first-order chi connectivity index (χ1) is 28.0. The molecule has 338 valence electrons. The Morgan fingerprint density at radius 2 is 0.948 bits per heavy atom. The molecule has 0 radical (unpaired) electrons. The van der Waals surface area contributed by atoms with Crippen molar-refractivity contribution in [2.45, 2.75) is 200 Å². The number of quaternary nitrogens is 1. The van der Waals surface area contributed by atoms with Gasteiger partial charge in [0.1, 0.15) is 19.8 Å². The van der Waals surface area contributed by atoms with Crippen LogP contribution in [0.1, 0.15) is 194 Å². The maximum atomic E-state index is 12.7. The molecule has 0 fully saturated rings. The number of esters is 2. The van der Waals surface area contributed by atoms with Crippen LogP contribution in [0, 0.1) is 0 Å². The van der Waals surface area contributed by atoms with Gasteiger partial charge in [0.25, 0.3) is 0 Å². The van der Waals surface area contributed by atoms with Crippen LogP contribution in [0.2, 0.25) is 0 Å². The summed E-state index contributed by atoms with van der Waals surface area (Å²) in [6.07, 6.45) is 47.3. The smallest absolute Gasteiger partial charge is 0.462 e. The van der Waals surface area contributed by atoms with Gasteiger partial charge in [-0.3, -0.25) is 18.6 Å². The number of rotatable bonds is 42. The molecular weight excluding hydrogens is 750 g/mol. The molecule has 0 saturated heterocycles. The summed E-state index contributed by atoms with van der Waals surface area (Å²) in [5.41, 5.74) is 0. The van der Waals surface area contributed by atoms with Crippen LogP contribution in [-0.2, 0) is 32.7 Å². The molecule has 58 heavy (non-hydrogen) atoms. The van der Waals surface area contributed by atoms with Crippen molar-refractivity contribution in [3.05, 3.63) is 48.6 Å². The Balaban J connectivity index is 4.40. The number of nitrogens with zero attached hydrogens (tertiary/aromatic N) is 1. The van der Waals surface area contributed by atoms with Crippen molar-refractivity contribution in [2.24, 2.45) is 0 Å². The summed E-state index contributed by atoms with van der Waals surface area (Å²) in [7, 11) is 1.45. The van der Waals surface area contributed by atoms with E-state index in [4.69, 9.17) is 18.5 Å². The molecule has 0 aromatic carbocycles. The molecule has 0 amide bonds. The van der Waals surface area contributed by atoms with Crippen molar-refractivity contribution in [1.82, 2.24) is 0 Å². The fraction of sp³-hybridized carbons (Fsp3) is 0.792. The van der Waals surface area contributed by atoms with E-state index in [1.165, 1.54) is 116 Å². The van der Waals surface area contributed by atoms with E-state index in [9.17, 15) is 19.0 Å². The number of phosphoric ester groups is 1. The van der Waals surface area contributed by atoms with Gasteiger partial charge < -0.3 is 18.9 Å². The van der Waals surface area contributed by atoms with Crippen molar-refractivity contribution in [1.29, 1.82) is 0 Å². The fourth-order valence-corrected chi connectivity index (χ4v) is 6.92. The third-order valence-corrected chi connectivity index (χ3v) is 10.8. The molecule has 0 rings (SSSR count). The first kappa shape index (κ1) is 56.0. The topological polar surface area (TPSA) is 108 Å². The molecule has 0 aromatic rings. The Hall–Kier alpha value is -2.03. The lowest BCUT2D eigenvalue weighted by atomic mass is 10.0. The fourth-order valence-electron chi connectivity index (χ4n) is 6.18. The van der Waals surface area contributed by atoms with Crippen LogP contribution in [0.4, 0.5) is 0 Å². The number of carbonyl (C=O) groups excluding carboxylic acids is 2. The highest BCUT2D eigenvalue weighted by atomic mass is 31.2. The summed E-state index contributed by atoms with van der Waals surface area (Å²) in [4.78, 5) is 35.4. The Kier molecular flexibility index (Phi) is 39.0. The average molecular weight is 839 g/mol. The van der Waals surface area contributed by atoms with E-state index >= 15 is 0 Å². The lowest BCUT2D eigenvalue weighted by molar-refractivity contribution is -0.870. The van der Waals surface area contributed by atoms with Gasteiger partial charge in [-0.2, -0.15) is 0 Å². The molecule has 1 N–H and O–H groups in total. The van der Waals surface area contributed by atoms with Crippen molar-refractivity contribution in [2.75, 3.05) is 47.5 Å². The molecule has 0 heterocycles. The molecule has 9 nitrogen and oxygen atoms in total. The third-order valence-electron chi connectivity index (χ3n) is 9.86. The number of allylic oxidation sites excluding steroid dienone is 8. The normalized spacial score (nSPS) is 14.0. The van der Waals surface area contributed by atoms with Crippen LogP contribution in [0.15, 0.2) is 48.6 Å². The van der Waals surface area contributed by atoms with Crippen LogP contribution < -0.4 is 0 Å². The van der Waals surface area contributed by atoms with Crippen LogP contribution in [0.3, 0.4) is 0 Å². The molecule has 0 saturated carbocycles. The lowest BCUT2D eigenvalue weighted by Crippen LogP contribution is -2.37. The van der Waals surface area contributed by atoms with Crippen molar-refractivity contribution < 1.29 is 42.1 Å². The highest BCUT2D eigenvalue weighted by Crippen LogP contribution is 2.43. The highest BCUT2D eigenvalue weighted by Gasteiger charge is 2.27. The quantitative estimate of drug-likeness (QED) is 0.0213. The van der Waals surface area contributed by atoms with E-state index in [1.54, 1.807) is 0 Å². The van der Waals surface area contributed by atoms with E-state index in [2.05, 4.69) is 62.5 Å². The molecule has 0 spiro atoms. The van der Waals surface area contributed by atoms with Crippen LogP contribution >= 0.6 is 7.82 Å². The second-order valence-electron chi connectivity index (χ2n) is 16.8. The minimum absolute atomic E-state index is 0.0233. The minimum Gasteiger partial charge on any atom is -0.462 e. The SMILES string of the molecule is CCCCC/C=C/C/C=C/C/C=C/C/C=C/CCCC(=O)OC[C@H](COP(=O)(O)OCC[N+](C)(C)C)OC(=O)CCCCCCCCCCCCCCCCCCC. The van der Waals surface area contributed by atoms with Gasteiger partial charge in [-0.05, 0) is 51.4 Å². The van der Waals surface area contributed by atoms with E-state index in [0.717, 1.165) is 38.5 Å². The number of carbonyl (C=O) groups is 2. The minimum atomic E-state index is -4.39. The van der Waals surface area contributed by atoms with Gasteiger partial charge in [0.05, 0.1) is 27.7 Å². The summed E-state index contributed by atoms with van der Waals surface area (Å²) < 4.78 is 34.3. The van der Waals surface area contributed by atoms with Crippen molar-refractivity contribution in [3.63, 3.8) is 0 Å². The van der Waals surface area contributed by atoms with Gasteiger partial charge in [0.2, 0.25) is 0 Å². The standard InChI is InChI=1S/C48H88NO8P/c1-6-8-10-12-14-16-18-20-22-24-26-28-30-32-34-36-38-40-47(50)54-44-46(45-56-58(52,53)55-43-42-49(3,4)5)57-48(51)41-39-37-35-33-31-29-27-25-23-21-19-17-15-13-11-9-7-2/h14,16,20,22,26,28,32,34,46H,6-13,15,17-19,21,23-25,27,29-31,33,35-45H2,1-5H3/p+1/b16-14+,22-20+,28-26+,34-32+/t46-/m1/s1. The lowest BCUT2D eigenvalue weighted by Gasteiger charge is -2.24. The van der Waals surface area contributed by atoms with Gasteiger partial charge in [0.15, 0.2) is 6.10 Å². The molecule has 0 aliphatic heterocycles. The first-order valence-electron chi connectivity index (χ1n) is 23.4. The molecule has 0 aromatic heterocycles. The molecule has 0 aliphatic rings. The Morgan fingerprint density at radius 1 is 0.534 bits per heavy atom. The van der Waals surface area contributed by atoms with E-state index < -0.39 is 32.5 Å². The predicted octanol–water partition coefficient (Wildman–Crippen LogP) is 13.5. The number of hydrogen-bond acceptors (Lipinski definition) is 7. The summed E-state index contributed by atoms with van der Waals surface area (Å²) in [5, 5.41) is 0. The predicted molar refractivity (Wildman–Crippen MR) is 243 cm³/mol. The Bertz CT molecular complexity index is 1130. The Labute approximate surface area is 356 Å². The molecule has 2 atom stereocenters. The van der Waals surface area contributed by atoms with Crippen LogP contribution in [0.25, 0.3) is 0 Å². The second-order valence-corrected chi connectivity index (χ2v) is 18.2. The van der Waals surface area contributed by atoms with Crippen molar-refractivity contribution in [3.8, 4) is 0 Å². The number of unbranched alkanes of at least 4 members (excludes halogenated alkanes) is 20. The maximum Gasteiger partial charge on any atom is 0.472 e. The number of phosphoric acid groups is 1. The zero-order valence-electron chi connectivity index (χ0n) is 38.0. The molecule has 0 bridgehead atoms.